The molecule has 0 unspecified atom stereocenters. The highest BCUT2D eigenvalue weighted by atomic mass is 16.3. The van der Waals surface area contributed by atoms with E-state index in [4.69, 9.17) is 9.83 Å². The summed E-state index contributed by atoms with van der Waals surface area (Å²) in [5, 5.41) is 12.5. The van der Waals surface area contributed by atoms with E-state index in [1.807, 2.05) is 78.9 Å². The Morgan fingerprint density at radius 3 is 2.25 bits per heavy atom. The highest BCUT2D eigenvalue weighted by Crippen LogP contribution is 2.21. The van der Waals surface area contributed by atoms with Gasteiger partial charge < -0.3 is 9.73 Å². The quantitative estimate of drug-likeness (QED) is 0.374. The molecule has 0 saturated carbocycles. The molecule has 136 valence electrons. The summed E-state index contributed by atoms with van der Waals surface area (Å²) in [6.07, 6.45) is 1.51. The number of carbonyl (C=O) groups is 1. The monoisotopic (exact) mass is 366 g/mol. The summed E-state index contributed by atoms with van der Waals surface area (Å²) in [5.74, 6) is -0.147. The van der Waals surface area contributed by atoms with Gasteiger partial charge in [0.05, 0.1) is 11.3 Å². The Morgan fingerprint density at radius 2 is 1.50 bits per heavy atom. The van der Waals surface area contributed by atoms with Crippen LogP contribution < -0.4 is 10.9 Å². The Balaban J connectivity index is 1.83. The number of benzene rings is 3. The Hall–Kier alpha value is -3.92. The molecule has 0 aliphatic heterocycles. The molecule has 4 nitrogen and oxygen atoms in total. The van der Waals surface area contributed by atoms with Crippen molar-refractivity contribution in [1.29, 1.82) is 5.41 Å². The lowest BCUT2D eigenvalue weighted by Crippen LogP contribution is -2.13. The number of carbonyl (C=O) groups excluding carboxylic acids is 1. The number of para-hydroxylation sites is 2. The first kappa shape index (κ1) is 17.5. The van der Waals surface area contributed by atoms with Crippen LogP contribution in [0.15, 0.2) is 101 Å². The summed E-state index contributed by atoms with van der Waals surface area (Å²) < 4.78 is 5.67. The first-order valence-electron chi connectivity index (χ1n) is 8.92. The van der Waals surface area contributed by atoms with Gasteiger partial charge in [-0.1, -0.05) is 66.7 Å². The largest absolute Gasteiger partial charge is 0.438 e. The van der Waals surface area contributed by atoms with Gasteiger partial charge in [0.2, 0.25) is 5.55 Å². The van der Waals surface area contributed by atoms with Crippen LogP contribution in [0.25, 0.3) is 16.7 Å². The van der Waals surface area contributed by atoms with Crippen LogP contribution in [-0.4, -0.2) is 5.78 Å². The zero-order chi connectivity index (χ0) is 19.3. The number of hydrogen-bond acceptors (Lipinski definition) is 4. The molecule has 0 aliphatic carbocycles. The van der Waals surface area contributed by atoms with Gasteiger partial charge in [-0.25, -0.2) is 0 Å². The SMILES string of the molecule is N=c1oc2ccccc2cc1/C(=C/C(=O)c1ccccc1)Nc1ccccc1. The number of hydrogen-bond donors (Lipinski definition) is 2. The highest BCUT2D eigenvalue weighted by molar-refractivity contribution is 6.09. The molecule has 0 saturated heterocycles. The number of anilines is 1. The lowest BCUT2D eigenvalue weighted by Gasteiger charge is -2.12. The van der Waals surface area contributed by atoms with Gasteiger partial charge in [-0.3, -0.25) is 10.2 Å². The number of fused-ring (bicyclic) bond motifs is 1. The van der Waals surface area contributed by atoms with E-state index in [0.717, 1.165) is 11.1 Å². The maximum atomic E-state index is 12.8. The molecule has 0 bridgehead atoms. The third kappa shape index (κ3) is 3.76. The van der Waals surface area contributed by atoms with Crippen molar-refractivity contribution in [2.24, 2.45) is 0 Å². The van der Waals surface area contributed by atoms with Crippen molar-refractivity contribution in [1.82, 2.24) is 0 Å². The average molecular weight is 366 g/mol. The highest BCUT2D eigenvalue weighted by Gasteiger charge is 2.12. The molecule has 4 rings (SSSR count). The van der Waals surface area contributed by atoms with E-state index in [1.165, 1.54) is 6.08 Å². The molecule has 4 heteroatoms. The fourth-order valence-electron chi connectivity index (χ4n) is 2.95. The summed E-state index contributed by atoms with van der Waals surface area (Å²) in [6.45, 7) is 0. The zero-order valence-electron chi connectivity index (χ0n) is 15.1. The first-order chi connectivity index (χ1) is 13.7. The van der Waals surface area contributed by atoms with Gasteiger partial charge in [-0.15, -0.1) is 0 Å². The van der Waals surface area contributed by atoms with E-state index in [1.54, 1.807) is 12.1 Å². The van der Waals surface area contributed by atoms with Gasteiger partial charge in [0.25, 0.3) is 0 Å². The van der Waals surface area contributed by atoms with Crippen molar-refractivity contribution in [3.63, 3.8) is 0 Å². The molecule has 0 radical (unpaired) electrons. The second kappa shape index (κ2) is 7.76. The molecule has 2 N–H and O–H groups in total. The van der Waals surface area contributed by atoms with Crippen LogP contribution in [0.4, 0.5) is 5.69 Å². The third-order valence-electron chi connectivity index (χ3n) is 4.35. The van der Waals surface area contributed by atoms with E-state index in [9.17, 15) is 4.79 Å². The first-order valence-corrected chi connectivity index (χ1v) is 8.92. The third-order valence-corrected chi connectivity index (χ3v) is 4.35. The molecule has 0 spiro atoms. The van der Waals surface area contributed by atoms with Crippen molar-refractivity contribution in [3.05, 3.63) is 114 Å². The molecule has 28 heavy (non-hydrogen) atoms. The minimum Gasteiger partial charge on any atom is -0.438 e. The standard InChI is InChI=1S/C24H18N2O2/c25-24-20(15-18-11-7-8-14-23(18)28-24)21(26-19-12-5-2-6-13-19)16-22(27)17-9-3-1-4-10-17/h1-16,25-26H/b21-16-,25-24?. The van der Waals surface area contributed by atoms with Crippen LogP contribution in [0.5, 0.6) is 0 Å². The van der Waals surface area contributed by atoms with Gasteiger partial charge in [0.15, 0.2) is 5.78 Å². The molecule has 1 aromatic heterocycles. The number of allylic oxidation sites excluding steroid dienone is 1. The average Bonchev–Trinajstić information content (AvgIpc) is 2.74. The molecule has 4 aromatic rings. The maximum absolute atomic E-state index is 12.8. The van der Waals surface area contributed by atoms with Crippen LogP contribution in [0.3, 0.4) is 0 Å². The Kier molecular flexibility index (Phi) is 4.85. The second-order valence-corrected chi connectivity index (χ2v) is 6.31. The Labute approximate surface area is 162 Å². The normalized spacial score (nSPS) is 11.4. The smallest absolute Gasteiger partial charge is 0.221 e. The number of nitrogens with one attached hydrogen (secondary N) is 2. The van der Waals surface area contributed by atoms with Crippen molar-refractivity contribution in [2.75, 3.05) is 5.32 Å². The molecule has 3 aromatic carbocycles. The summed E-state index contributed by atoms with van der Waals surface area (Å²) in [7, 11) is 0. The fraction of sp³-hybridized carbons (Fsp3) is 0. The molecular formula is C24H18N2O2. The lowest BCUT2D eigenvalue weighted by molar-refractivity contribution is 0.104. The number of rotatable bonds is 5. The van der Waals surface area contributed by atoms with Gasteiger partial charge in [-0.05, 0) is 24.3 Å². The summed E-state index contributed by atoms with van der Waals surface area (Å²) in [4.78, 5) is 12.8. The van der Waals surface area contributed by atoms with Crippen LogP contribution in [0, 0.1) is 5.41 Å². The fourth-order valence-corrected chi connectivity index (χ4v) is 2.95. The van der Waals surface area contributed by atoms with Crippen LogP contribution in [0.1, 0.15) is 15.9 Å². The minimum absolute atomic E-state index is 0.00533. The van der Waals surface area contributed by atoms with Crippen LogP contribution >= 0.6 is 0 Å². The zero-order valence-corrected chi connectivity index (χ0v) is 15.1. The molecular weight excluding hydrogens is 348 g/mol. The van der Waals surface area contributed by atoms with Crippen molar-refractivity contribution < 1.29 is 9.21 Å². The topological polar surface area (TPSA) is 66.1 Å². The Morgan fingerprint density at radius 1 is 0.857 bits per heavy atom. The summed E-state index contributed by atoms with van der Waals surface area (Å²) >= 11 is 0. The second-order valence-electron chi connectivity index (χ2n) is 6.31. The van der Waals surface area contributed by atoms with Crippen LogP contribution in [0.2, 0.25) is 0 Å². The minimum atomic E-state index is -0.147. The number of ketones is 1. The van der Waals surface area contributed by atoms with E-state index < -0.39 is 0 Å². The molecule has 1 heterocycles. The summed E-state index contributed by atoms with van der Waals surface area (Å²) in [5.41, 5.74) is 3.06. The van der Waals surface area contributed by atoms with E-state index in [0.29, 0.717) is 22.4 Å². The van der Waals surface area contributed by atoms with Crippen molar-refractivity contribution in [3.8, 4) is 0 Å². The lowest BCUT2D eigenvalue weighted by atomic mass is 10.1. The van der Waals surface area contributed by atoms with Gasteiger partial charge in [0.1, 0.15) is 5.58 Å². The summed E-state index contributed by atoms with van der Waals surface area (Å²) in [6, 6.07) is 28.0. The predicted molar refractivity (Wildman–Crippen MR) is 111 cm³/mol. The molecule has 0 atom stereocenters. The van der Waals surface area contributed by atoms with Gasteiger partial charge in [0, 0.05) is 22.7 Å². The van der Waals surface area contributed by atoms with Crippen LogP contribution in [-0.2, 0) is 0 Å². The van der Waals surface area contributed by atoms with Gasteiger partial charge >= 0.3 is 0 Å². The van der Waals surface area contributed by atoms with E-state index >= 15 is 0 Å². The predicted octanol–water partition coefficient (Wildman–Crippen LogP) is 5.25. The molecule has 0 aliphatic rings. The van der Waals surface area contributed by atoms with E-state index in [-0.39, 0.29) is 11.3 Å². The Bertz CT molecular complexity index is 1210. The van der Waals surface area contributed by atoms with Gasteiger partial charge in [-0.2, -0.15) is 0 Å². The van der Waals surface area contributed by atoms with E-state index in [2.05, 4.69) is 5.32 Å². The molecule has 0 fully saturated rings. The van der Waals surface area contributed by atoms with Crippen molar-refractivity contribution >= 4 is 28.1 Å². The van der Waals surface area contributed by atoms with Crippen molar-refractivity contribution in [2.45, 2.75) is 0 Å². The molecule has 0 amide bonds. The maximum Gasteiger partial charge on any atom is 0.221 e.